The number of alkyl halides is 4. The molecule has 0 amide bonds. The highest BCUT2D eigenvalue weighted by molar-refractivity contribution is 9.09. The third-order valence-electron chi connectivity index (χ3n) is 2.85. The Morgan fingerprint density at radius 1 is 1.18 bits per heavy atom. The predicted octanol–water partition coefficient (Wildman–Crippen LogP) is 5.06. The van der Waals surface area contributed by atoms with Gasteiger partial charge in [0.15, 0.2) is 0 Å². The summed E-state index contributed by atoms with van der Waals surface area (Å²) in [5.41, 5.74) is 0.364. The maximum Gasteiger partial charge on any atom is 0.416 e. The van der Waals surface area contributed by atoms with Crippen molar-refractivity contribution < 1.29 is 13.2 Å². The van der Waals surface area contributed by atoms with Gasteiger partial charge in [0.05, 0.1) is 5.56 Å². The van der Waals surface area contributed by atoms with Gasteiger partial charge in [-0.1, -0.05) is 41.9 Å². The van der Waals surface area contributed by atoms with E-state index in [0.717, 1.165) is 30.5 Å². The Morgan fingerprint density at radius 2 is 1.71 bits per heavy atom. The Balaban J connectivity index is 2.69. The highest BCUT2D eigenvalue weighted by Gasteiger charge is 2.29. The van der Waals surface area contributed by atoms with Crippen LogP contribution in [0.5, 0.6) is 0 Å². The van der Waals surface area contributed by atoms with Crippen LogP contribution in [-0.4, -0.2) is 4.83 Å². The lowest BCUT2D eigenvalue weighted by molar-refractivity contribution is -0.137. The lowest BCUT2D eigenvalue weighted by Crippen LogP contribution is -2.12. The molecular weight excluding hydrogens is 293 g/mol. The van der Waals surface area contributed by atoms with Crippen LogP contribution >= 0.6 is 15.9 Å². The van der Waals surface area contributed by atoms with Gasteiger partial charge < -0.3 is 0 Å². The van der Waals surface area contributed by atoms with Gasteiger partial charge in [-0.2, -0.15) is 13.2 Å². The van der Waals surface area contributed by atoms with E-state index in [1.807, 2.05) is 0 Å². The summed E-state index contributed by atoms with van der Waals surface area (Å²) >= 11 is 3.57. The van der Waals surface area contributed by atoms with Crippen molar-refractivity contribution in [3.8, 4) is 0 Å². The van der Waals surface area contributed by atoms with Gasteiger partial charge in [0.25, 0.3) is 0 Å². The molecule has 0 radical (unpaired) electrons. The number of halogens is 4. The molecule has 0 aliphatic carbocycles. The summed E-state index contributed by atoms with van der Waals surface area (Å²) < 4.78 is 37.1. The molecule has 2 unspecified atom stereocenters. The van der Waals surface area contributed by atoms with Crippen LogP contribution in [0, 0.1) is 5.92 Å². The fourth-order valence-corrected chi connectivity index (χ4v) is 1.92. The second kappa shape index (κ2) is 5.89. The van der Waals surface area contributed by atoms with Crippen LogP contribution in [0.15, 0.2) is 24.3 Å². The van der Waals surface area contributed by atoms with Gasteiger partial charge in [0, 0.05) is 4.83 Å². The largest absolute Gasteiger partial charge is 0.416 e. The molecule has 0 nitrogen and oxygen atoms in total. The average molecular weight is 309 g/mol. The van der Waals surface area contributed by atoms with Gasteiger partial charge in [-0.25, -0.2) is 0 Å². The van der Waals surface area contributed by atoms with E-state index >= 15 is 0 Å². The van der Waals surface area contributed by atoms with Crippen molar-refractivity contribution in [3.63, 3.8) is 0 Å². The number of rotatable bonds is 4. The van der Waals surface area contributed by atoms with Crippen molar-refractivity contribution in [3.05, 3.63) is 35.4 Å². The molecule has 17 heavy (non-hydrogen) atoms. The van der Waals surface area contributed by atoms with E-state index in [2.05, 4.69) is 29.8 Å². The molecule has 1 aromatic carbocycles. The average Bonchev–Trinajstić information content (AvgIpc) is 2.27. The summed E-state index contributed by atoms with van der Waals surface area (Å²) in [5.74, 6) is 0.414. The normalized spacial score (nSPS) is 15.6. The molecule has 1 rings (SSSR count). The summed E-state index contributed by atoms with van der Waals surface area (Å²) in [4.78, 5) is 0.407. The van der Waals surface area contributed by atoms with Gasteiger partial charge in [0.2, 0.25) is 0 Å². The Hall–Kier alpha value is -0.510. The minimum atomic E-state index is -4.24. The lowest BCUT2D eigenvalue weighted by Gasteiger charge is -2.17. The summed E-state index contributed by atoms with van der Waals surface area (Å²) in [6.07, 6.45) is -2.44. The molecule has 0 heterocycles. The second-order valence-electron chi connectivity index (χ2n) is 4.30. The maximum absolute atomic E-state index is 12.4. The molecule has 96 valence electrons. The number of hydrogen-bond donors (Lipinski definition) is 0. The molecule has 0 saturated heterocycles. The molecule has 0 fully saturated rings. The molecule has 0 saturated carbocycles. The Labute approximate surface area is 108 Å². The number of benzene rings is 1. The third-order valence-corrected chi connectivity index (χ3v) is 4.40. The van der Waals surface area contributed by atoms with Crippen LogP contribution in [-0.2, 0) is 12.6 Å². The first-order valence-electron chi connectivity index (χ1n) is 5.64. The summed E-state index contributed by atoms with van der Waals surface area (Å²) in [7, 11) is 0. The third kappa shape index (κ3) is 4.34. The van der Waals surface area contributed by atoms with Gasteiger partial charge >= 0.3 is 6.18 Å². The van der Waals surface area contributed by atoms with E-state index in [0.29, 0.717) is 10.7 Å². The van der Waals surface area contributed by atoms with Crippen LogP contribution < -0.4 is 0 Å². The standard InChI is InChI=1S/C13H16BrF3/c1-3-12(14)9(2)8-10-4-6-11(7-5-10)13(15,16)17/h4-7,9,12H,3,8H2,1-2H3. The van der Waals surface area contributed by atoms with Crippen LogP contribution in [0.25, 0.3) is 0 Å². The second-order valence-corrected chi connectivity index (χ2v) is 5.48. The minimum Gasteiger partial charge on any atom is -0.166 e. The van der Waals surface area contributed by atoms with Gasteiger partial charge in [-0.15, -0.1) is 0 Å². The van der Waals surface area contributed by atoms with Gasteiger partial charge in [0.1, 0.15) is 0 Å². The molecule has 0 spiro atoms. The van der Waals surface area contributed by atoms with E-state index < -0.39 is 11.7 Å². The summed E-state index contributed by atoms with van der Waals surface area (Å²) in [6, 6.07) is 5.43. The van der Waals surface area contributed by atoms with Crippen molar-refractivity contribution in [1.82, 2.24) is 0 Å². The molecule has 0 aliphatic heterocycles. The number of hydrogen-bond acceptors (Lipinski definition) is 0. The smallest absolute Gasteiger partial charge is 0.166 e. The van der Waals surface area contributed by atoms with Crippen molar-refractivity contribution in [1.29, 1.82) is 0 Å². The van der Waals surface area contributed by atoms with E-state index in [-0.39, 0.29) is 0 Å². The summed E-state index contributed by atoms with van der Waals surface area (Å²) in [6.45, 7) is 4.18. The highest BCUT2D eigenvalue weighted by atomic mass is 79.9. The first-order chi connectivity index (χ1) is 7.84. The Bertz CT molecular complexity index is 343. The van der Waals surface area contributed by atoms with Crippen LogP contribution in [0.3, 0.4) is 0 Å². The van der Waals surface area contributed by atoms with Gasteiger partial charge in [-0.3, -0.25) is 0 Å². The highest BCUT2D eigenvalue weighted by Crippen LogP contribution is 2.29. The molecule has 2 atom stereocenters. The van der Waals surface area contributed by atoms with Crippen molar-refractivity contribution in [2.75, 3.05) is 0 Å². The van der Waals surface area contributed by atoms with Crippen LogP contribution in [0.2, 0.25) is 0 Å². The van der Waals surface area contributed by atoms with E-state index in [1.165, 1.54) is 0 Å². The zero-order chi connectivity index (χ0) is 13.1. The van der Waals surface area contributed by atoms with Gasteiger partial charge in [-0.05, 0) is 36.5 Å². The molecule has 0 aliphatic rings. The van der Waals surface area contributed by atoms with Crippen LogP contribution in [0.1, 0.15) is 31.4 Å². The molecule has 0 aromatic heterocycles. The molecular formula is C13H16BrF3. The van der Waals surface area contributed by atoms with Crippen molar-refractivity contribution in [2.45, 2.75) is 37.7 Å². The van der Waals surface area contributed by atoms with E-state index in [1.54, 1.807) is 12.1 Å². The Morgan fingerprint density at radius 3 is 2.12 bits per heavy atom. The van der Waals surface area contributed by atoms with Crippen molar-refractivity contribution in [2.24, 2.45) is 5.92 Å². The maximum atomic E-state index is 12.4. The molecule has 4 heteroatoms. The predicted molar refractivity (Wildman–Crippen MR) is 67.3 cm³/mol. The monoisotopic (exact) mass is 308 g/mol. The van der Waals surface area contributed by atoms with Crippen molar-refractivity contribution >= 4 is 15.9 Å². The molecule has 1 aromatic rings. The zero-order valence-electron chi connectivity index (χ0n) is 9.89. The topological polar surface area (TPSA) is 0 Å². The first kappa shape index (κ1) is 14.6. The zero-order valence-corrected chi connectivity index (χ0v) is 11.5. The first-order valence-corrected chi connectivity index (χ1v) is 6.56. The lowest BCUT2D eigenvalue weighted by atomic mass is 9.96. The molecule has 0 bridgehead atoms. The fourth-order valence-electron chi connectivity index (χ4n) is 1.73. The Kier molecular flexibility index (Phi) is 5.04. The van der Waals surface area contributed by atoms with E-state index in [9.17, 15) is 13.2 Å². The molecule has 0 N–H and O–H groups in total. The quantitative estimate of drug-likeness (QED) is 0.682. The van der Waals surface area contributed by atoms with E-state index in [4.69, 9.17) is 0 Å². The fraction of sp³-hybridized carbons (Fsp3) is 0.538. The SMILES string of the molecule is CCC(Br)C(C)Cc1ccc(C(F)(F)F)cc1. The van der Waals surface area contributed by atoms with Crippen LogP contribution in [0.4, 0.5) is 13.2 Å². The summed E-state index contributed by atoms with van der Waals surface area (Å²) in [5, 5.41) is 0. The minimum absolute atomic E-state index is 0.407.